The maximum atomic E-state index is 10.2. The molecule has 0 heterocycles. The van der Waals surface area contributed by atoms with Crippen LogP contribution in [0.2, 0.25) is 0 Å². The summed E-state index contributed by atoms with van der Waals surface area (Å²) in [6.07, 6.45) is -0.730. The van der Waals surface area contributed by atoms with Crippen molar-refractivity contribution < 1.29 is 5.11 Å². The summed E-state index contributed by atoms with van der Waals surface area (Å²) in [5.41, 5.74) is 1.96. The van der Waals surface area contributed by atoms with Crippen molar-refractivity contribution in [2.24, 2.45) is 0 Å². The molecule has 0 bridgehead atoms. The van der Waals surface area contributed by atoms with Gasteiger partial charge in [-0.05, 0) is 11.1 Å². The fourth-order valence-corrected chi connectivity index (χ4v) is 1.64. The average molecular weight is 209 g/mol. The Balaban J connectivity index is 2.42. The van der Waals surface area contributed by atoms with Crippen LogP contribution in [-0.4, -0.2) is 5.11 Å². The van der Waals surface area contributed by atoms with E-state index < -0.39 is 6.10 Å². The maximum Gasteiger partial charge on any atom is 0.193 e. The molecule has 2 aromatic rings. The van der Waals surface area contributed by atoms with Crippen molar-refractivity contribution in [3.63, 3.8) is 0 Å². The Labute approximate surface area is 94.6 Å². The lowest BCUT2D eigenvalue weighted by Gasteiger charge is -2.12. The lowest BCUT2D eigenvalue weighted by Crippen LogP contribution is -1.98. The maximum absolute atomic E-state index is 10.2. The molecule has 16 heavy (non-hydrogen) atoms. The van der Waals surface area contributed by atoms with Crippen LogP contribution in [0.5, 0.6) is 0 Å². The second kappa shape index (κ2) is 4.61. The molecule has 0 amide bonds. The molecule has 0 spiro atoms. The Morgan fingerprint density at radius 3 is 2.25 bits per heavy atom. The molecule has 1 N–H and O–H groups in total. The lowest BCUT2D eigenvalue weighted by atomic mass is 10.0. The van der Waals surface area contributed by atoms with Crippen molar-refractivity contribution in [3.05, 3.63) is 77.1 Å². The number of hydrogen-bond donors (Lipinski definition) is 1. The van der Waals surface area contributed by atoms with Crippen molar-refractivity contribution in [2.75, 3.05) is 0 Å². The minimum absolute atomic E-state index is 0.499. The molecule has 1 atom stereocenters. The summed E-state index contributed by atoms with van der Waals surface area (Å²) in [7, 11) is 0. The van der Waals surface area contributed by atoms with Gasteiger partial charge in [0.05, 0.1) is 12.7 Å². The SMILES string of the molecule is [C-]#[N+]c1ccccc1C(O)c1ccccc1. The Kier molecular flexibility index (Phi) is 3.00. The van der Waals surface area contributed by atoms with E-state index in [1.807, 2.05) is 36.4 Å². The van der Waals surface area contributed by atoms with Gasteiger partial charge >= 0.3 is 0 Å². The molecular weight excluding hydrogens is 198 g/mol. The van der Waals surface area contributed by atoms with Crippen molar-refractivity contribution in [2.45, 2.75) is 6.10 Å². The van der Waals surface area contributed by atoms with Gasteiger partial charge in [0.25, 0.3) is 0 Å². The van der Waals surface area contributed by atoms with Crippen LogP contribution in [0.15, 0.2) is 54.6 Å². The van der Waals surface area contributed by atoms with Gasteiger partial charge in [0.1, 0.15) is 0 Å². The summed E-state index contributed by atoms with van der Waals surface area (Å²) >= 11 is 0. The highest BCUT2D eigenvalue weighted by Crippen LogP contribution is 2.29. The molecule has 78 valence electrons. The predicted octanol–water partition coefficient (Wildman–Crippen LogP) is 3.32. The lowest BCUT2D eigenvalue weighted by molar-refractivity contribution is 0.221. The van der Waals surface area contributed by atoms with Gasteiger partial charge in [0.15, 0.2) is 5.69 Å². The van der Waals surface area contributed by atoms with E-state index in [9.17, 15) is 5.11 Å². The van der Waals surface area contributed by atoms with Gasteiger partial charge in [-0.25, -0.2) is 4.85 Å². The number of rotatable bonds is 2. The summed E-state index contributed by atoms with van der Waals surface area (Å²) < 4.78 is 0. The zero-order valence-electron chi connectivity index (χ0n) is 8.67. The topological polar surface area (TPSA) is 24.6 Å². The van der Waals surface area contributed by atoms with Gasteiger partial charge in [0, 0.05) is 0 Å². The van der Waals surface area contributed by atoms with Crippen LogP contribution in [0.4, 0.5) is 5.69 Å². The Morgan fingerprint density at radius 1 is 0.938 bits per heavy atom. The Morgan fingerprint density at radius 2 is 1.56 bits per heavy atom. The molecule has 0 saturated carbocycles. The Hall–Kier alpha value is -2.11. The first-order valence-electron chi connectivity index (χ1n) is 5.02. The van der Waals surface area contributed by atoms with Gasteiger partial charge in [0.2, 0.25) is 0 Å². The zero-order valence-corrected chi connectivity index (χ0v) is 8.67. The van der Waals surface area contributed by atoms with Gasteiger partial charge in [-0.1, -0.05) is 54.6 Å². The van der Waals surface area contributed by atoms with E-state index in [-0.39, 0.29) is 0 Å². The normalized spacial score (nSPS) is 11.8. The first-order chi connectivity index (χ1) is 7.83. The van der Waals surface area contributed by atoms with Crippen molar-refractivity contribution in [1.82, 2.24) is 0 Å². The minimum atomic E-state index is -0.730. The smallest absolute Gasteiger partial charge is 0.193 e. The highest BCUT2D eigenvalue weighted by molar-refractivity contribution is 5.55. The highest BCUT2D eigenvalue weighted by Gasteiger charge is 2.13. The monoisotopic (exact) mass is 209 g/mol. The standard InChI is InChI=1S/C14H11NO/c1-15-13-10-6-5-9-12(13)14(16)11-7-3-2-4-8-11/h2-10,14,16H. The fourth-order valence-electron chi connectivity index (χ4n) is 1.64. The average Bonchev–Trinajstić information content (AvgIpc) is 2.39. The van der Waals surface area contributed by atoms with E-state index in [4.69, 9.17) is 6.57 Å². The van der Waals surface area contributed by atoms with E-state index >= 15 is 0 Å². The van der Waals surface area contributed by atoms with Crippen LogP contribution in [0.1, 0.15) is 17.2 Å². The molecule has 1 unspecified atom stereocenters. The molecule has 0 aliphatic heterocycles. The predicted molar refractivity (Wildman–Crippen MR) is 63.2 cm³/mol. The fraction of sp³-hybridized carbons (Fsp3) is 0.0714. The number of benzene rings is 2. The molecule has 0 aliphatic rings. The van der Waals surface area contributed by atoms with E-state index in [0.29, 0.717) is 11.3 Å². The molecule has 2 rings (SSSR count). The quantitative estimate of drug-likeness (QED) is 0.754. The molecule has 0 saturated heterocycles. The summed E-state index contributed by atoms with van der Waals surface area (Å²) in [6.45, 7) is 7.05. The minimum Gasteiger partial charge on any atom is -0.385 e. The van der Waals surface area contributed by atoms with Crippen LogP contribution in [0.25, 0.3) is 4.85 Å². The van der Waals surface area contributed by atoms with Crippen molar-refractivity contribution in [1.29, 1.82) is 0 Å². The first kappa shape index (κ1) is 10.4. The van der Waals surface area contributed by atoms with Crippen LogP contribution < -0.4 is 0 Å². The molecule has 0 aliphatic carbocycles. The number of aliphatic hydroxyl groups excluding tert-OH is 1. The number of nitrogens with zero attached hydrogens (tertiary/aromatic N) is 1. The van der Waals surface area contributed by atoms with E-state index in [0.717, 1.165) is 5.56 Å². The van der Waals surface area contributed by atoms with Crippen LogP contribution in [0.3, 0.4) is 0 Å². The van der Waals surface area contributed by atoms with Crippen molar-refractivity contribution in [3.8, 4) is 0 Å². The van der Waals surface area contributed by atoms with Gasteiger partial charge in [-0.3, -0.25) is 0 Å². The van der Waals surface area contributed by atoms with Gasteiger partial charge in [-0.2, -0.15) is 0 Å². The summed E-state index contributed by atoms with van der Waals surface area (Å²) in [5.74, 6) is 0. The second-order valence-corrected chi connectivity index (χ2v) is 3.48. The first-order valence-corrected chi connectivity index (χ1v) is 5.02. The molecular formula is C14H11NO. The number of hydrogen-bond acceptors (Lipinski definition) is 1. The van der Waals surface area contributed by atoms with Crippen molar-refractivity contribution >= 4 is 5.69 Å². The second-order valence-electron chi connectivity index (χ2n) is 3.48. The van der Waals surface area contributed by atoms with E-state index in [1.54, 1.807) is 18.2 Å². The largest absolute Gasteiger partial charge is 0.385 e. The van der Waals surface area contributed by atoms with E-state index in [2.05, 4.69) is 4.85 Å². The zero-order chi connectivity index (χ0) is 11.4. The third-order valence-corrected chi connectivity index (χ3v) is 2.47. The van der Waals surface area contributed by atoms with Crippen LogP contribution in [0, 0.1) is 6.57 Å². The van der Waals surface area contributed by atoms with Gasteiger partial charge in [-0.15, -0.1) is 0 Å². The summed E-state index contributed by atoms with van der Waals surface area (Å²) in [5, 5.41) is 10.2. The van der Waals surface area contributed by atoms with Gasteiger partial charge < -0.3 is 5.11 Å². The molecule has 2 heteroatoms. The van der Waals surface area contributed by atoms with E-state index in [1.165, 1.54) is 0 Å². The highest BCUT2D eigenvalue weighted by atomic mass is 16.3. The third kappa shape index (κ3) is 1.95. The molecule has 0 fully saturated rings. The van der Waals surface area contributed by atoms with Crippen LogP contribution >= 0.6 is 0 Å². The molecule has 2 nitrogen and oxygen atoms in total. The summed E-state index contributed by atoms with van der Waals surface area (Å²) in [6, 6.07) is 16.5. The molecule has 2 aromatic carbocycles. The third-order valence-electron chi connectivity index (χ3n) is 2.47. The number of aliphatic hydroxyl groups is 1. The number of para-hydroxylation sites is 1. The molecule has 0 radical (unpaired) electrons. The van der Waals surface area contributed by atoms with Crippen LogP contribution in [-0.2, 0) is 0 Å². The molecule has 0 aromatic heterocycles. The summed E-state index contributed by atoms with van der Waals surface area (Å²) in [4.78, 5) is 3.41. The Bertz CT molecular complexity index is 514.